The third-order valence-corrected chi connectivity index (χ3v) is 6.75. The van der Waals surface area contributed by atoms with Crippen molar-refractivity contribution < 1.29 is 4.79 Å². The zero-order chi connectivity index (χ0) is 21.3. The molecule has 4 rings (SSSR count). The number of thioether (sulfide) groups is 1. The molecule has 0 aliphatic heterocycles. The number of rotatable bonds is 6. The first-order valence-electron chi connectivity index (χ1n) is 9.74. The van der Waals surface area contributed by atoms with Crippen molar-refractivity contribution in [2.24, 2.45) is 0 Å². The summed E-state index contributed by atoms with van der Waals surface area (Å²) >= 11 is 3.04. The average Bonchev–Trinajstić information content (AvgIpc) is 3.36. The first kappa shape index (κ1) is 20.6. The van der Waals surface area contributed by atoms with Crippen LogP contribution in [-0.4, -0.2) is 30.9 Å². The molecule has 154 valence electrons. The van der Waals surface area contributed by atoms with E-state index in [9.17, 15) is 4.79 Å². The van der Waals surface area contributed by atoms with E-state index >= 15 is 0 Å². The van der Waals surface area contributed by atoms with Crippen LogP contribution in [0.5, 0.6) is 0 Å². The van der Waals surface area contributed by atoms with Gasteiger partial charge in [-0.1, -0.05) is 41.6 Å². The summed E-state index contributed by atoms with van der Waals surface area (Å²) in [4.78, 5) is 22.7. The molecule has 0 fully saturated rings. The molecule has 1 amide bonds. The Labute approximate surface area is 183 Å². The van der Waals surface area contributed by atoms with Gasteiger partial charge in [-0.3, -0.25) is 4.79 Å². The fraction of sp³-hybridized carbons (Fsp3) is 0.273. The lowest BCUT2D eigenvalue weighted by Crippen LogP contribution is -2.24. The minimum Gasteiger partial charge on any atom is -0.310 e. The second kappa shape index (κ2) is 8.57. The molecule has 1 aromatic carbocycles. The van der Waals surface area contributed by atoms with Gasteiger partial charge >= 0.3 is 0 Å². The number of nitrogens with zero attached hydrogens (tertiary/aromatic N) is 4. The lowest BCUT2D eigenvalue weighted by Gasteiger charge is -2.15. The van der Waals surface area contributed by atoms with E-state index in [-0.39, 0.29) is 17.2 Å². The lowest BCUT2D eigenvalue weighted by molar-refractivity contribution is -0.115. The maximum atomic E-state index is 12.8. The molecule has 0 spiro atoms. The largest absolute Gasteiger partial charge is 0.310 e. The maximum Gasteiger partial charge on any atom is 0.238 e. The van der Waals surface area contributed by atoms with Crippen LogP contribution in [0.25, 0.3) is 21.3 Å². The van der Waals surface area contributed by atoms with E-state index in [1.807, 2.05) is 26.8 Å². The van der Waals surface area contributed by atoms with Crippen LogP contribution in [0.3, 0.4) is 0 Å². The molecule has 1 atom stereocenters. The van der Waals surface area contributed by atoms with E-state index in [0.717, 1.165) is 26.4 Å². The van der Waals surface area contributed by atoms with E-state index in [2.05, 4.69) is 57.0 Å². The molecule has 6 nitrogen and oxygen atoms in total. The van der Waals surface area contributed by atoms with Gasteiger partial charge in [0.05, 0.1) is 16.8 Å². The smallest absolute Gasteiger partial charge is 0.238 e. The van der Waals surface area contributed by atoms with Crippen LogP contribution in [0.15, 0.2) is 53.3 Å². The van der Waals surface area contributed by atoms with Gasteiger partial charge < -0.3 is 5.32 Å². The number of anilines is 1. The number of hydrogen-bond acceptors (Lipinski definition) is 6. The highest BCUT2D eigenvalue weighted by Gasteiger charge is 2.21. The van der Waals surface area contributed by atoms with Gasteiger partial charge in [0.15, 0.2) is 0 Å². The first-order valence-corrected chi connectivity index (χ1v) is 11.5. The first-order chi connectivity index (χ1) is 14.4. The number of carbonyl (C=O) groups is 1. The van der Waals surface area contributed by atoms with Crippen LogP contribution in [0, 0.1) is 6.92 Å². The van der Waals surface area contributed by atoms with E-state index < -0.39 is 0 Å². The monoisotopic (exact) mass is 437 g/mol. The van der Waals surface area contributed by atoms with Crippen molar-refractivity contribution in [3.8, 4) is 11.1 Å². The van der Waals surface area contributed by atoms with Crippen LogP contribution in [0.4, 0.5) is 5.82 Å². The maximum absolute atomic E-state index is 12.8. The summed E-state index contributed by atoms with van der Waals surface area (Å²) in [7, 11) is 0. The summed E-state index contributed by atoms with van der Waals surface area (Å²) in [5.41, 5.74) is 3.44. The molecule has 0 saturated heterocycles. The quantitative estimate of drug-likeness (QED) is 0.316. The molecule has 3 heterocycles. The summed E-state index contributed by atoms with van der Waals surface area (Å²) in [5.74, 6) is 0.618. The minimum absolute atomic E-state index is 0.0822. The van der Waals surface area contributed by atoms with E-state index in [4.69, 9.17) is 0 Å². The Morgan fingerprint density at radius 1 is 1.13 bits per heavy atom. The average molecular weight is 438 g/mol. The highest BCUT2D eigenvalue weighted by molar-refractivity contribution is 8.00. The molecule has 0 bridgehead atoms. The summed E-state index contributed by atoms with van der Waals surface area (Å²) < 4.78 is 1.80. The van der Waals surface area contributed by atoms with Crippen molar-refractivity contribution in [1.29, 1.82) is 0 Å². The van der Waals surface area contributed by atoms with Crippen molar-refractivity contribution >= 4 is 45.0 Å². The molecule has 1 N–H and O–H groups in total. The van der Waals surface area contributed by atoms with Crippen molar-refractivity contribution in [2.45, 2.75) is 44.0 Å². The highest BCUT2D eigenvalue weighted by Crippen LogP contribution is 2.39. The molecule has 0 aliphatic rings. The number of thiophene rings is 1. The number of carbonyl (C=O) groups excluding carboxylic acids is 1. The molecule has 1 unspecified atom stereocenters. The minimum atomic E-state index is -0.329. The number of aryl methyl sites for hydroxylation is 1. The number of aromatic nitrogens is 4. The van der Waals surface area contributed by atoms with E-state index in [1.165, 1.54) is 17.3 Å². The Bertz CT molecular complexity index is 1180. The normalized spacial score (nSPS) is 12.4. The zero-order valence-corrected chi connectivity index (χ0v) is 18.9. The third kappa shape index (κ3) is 4.11. The summed E-state index contributed by atoms with van der Waals surface area (Å²) in [6.07, 6.45) is 3.26. The Kier molecular flexibility index (Phi) is 5.87. The topological polar surface area (TPSA) is 72.7 Å². The highest BCUT2D eigenvalue weighted by atomic mass is 32.2. The van der Waals surface area contributed by atoms with Gasteiger partial charge in [0.25, 0.3) is 0 Å². The Hall–Kier alpha value is -2.71. The molecule has 3 aromatic heterocycles. The van der Waals surface area contributed by atoms with Gasteiger partial charge in [-0.25, -0.2) is 14.6 Å². The summed E-state index contributed by atoms with van der Waals surface area (Å²) in [6, 6.07) is 10.4. The van der Waals surface area contributed by atoms with Crippen LogP contribution in [0.1, 0.15) is 32.4 Å². The molecule has 0 radical (unpaired) electrons. The second-order valence-electron chi connectivity index (χ2n) is 7.38. The van der Waals surface area contributed by atoms with Crippen molar-refractivity contribution in [3.63, 3.8) is 0 Å². The van der Waals surface area contributed by atoms with Gasteiger partial charge in [0, 0.05) is 23.1 Å². The van der Waals surface area contributed by atoms with Crippen molar-refractivity contribution in [3.05, 3.63) is 53.8 Å². The summed E-state index contributed by atoms with van der Waals surface area (Å²) in [6.45, 7) is 8.02. The van der Waals surface area contributed by atoms with Gasteiger partial charge in [0.2, 0.25) is 5.91 Å². The van der Waals surface area contributed by atoms with Gasteiger partial charge in [-0.05, 0) is 33.3 Å². The predicted molar refractivity (Wildman–Crippen MR) is 124 cm³/mol. The second-order valence-corrected chi connectivity index (χ2v) is 9.57. The Morgan fingerprint density at radius 3 is 2.63 bits per heavy atom. The molecule has 30 heavy (non-hydrogen) atoms. The predicted octanol–water partition coefficient (Wildman–Crippen LogP) is 5.56. The van der Waals surface area contributed by atoms with Crippen molar-refractivity contribution in [2.75, 3.05) is 5.32 Å². The van der Waals surface area contributed by atoms with Gasteiger partial charge in [0.1, 0.15) is 22.0 Å². The number of fused-ring (bicyclic) bond motifs is 1. The Morgan fingerprint density at radius 2 is 1.90 bits per heavy atom. The van der Waals surface area contributed by atoms with Crippen LogP contribution in [-0.2, 0) is 4.79 Å². The standard InChI is InChI=1S/C22H23N5OS2/c1-13(2)27-18(9-10-25-27)26-20(28)15(4)30-22-19-17(11-29-21(19)23-12-24-22)16-7-5-14(3)6-8-16/h5-13,15H,1-4H3,(H,26,28). The summed E-state index contributed by atoms with van der Waals surface area (Å²) in [5, 5.41) is 10.9. The number of hydrogen-bond donors (Lipinski definition) is 1. The fourth-order valence-corrected chi connectivity index (χ4v) is 5.07. The molecule has 0 aliphatic carbocycles. The SMILES string of the molecule is Cc1ccc(-c2csc3ncnc(SC(C)C(=O)Nc4ccnn4C(C)C)c23)cc1. The number of amides is 1. The van der Waals surface area contributed by atoms with Crippen LogP contribution < -0.4 is 5.32 Å². The van der Waals surface area contributed by atoms with Gasteiger partial charge in [-0.15, -0.1) is 11.3 Å². The van der Waals surface area contributed by atoms with Gasteiger partial charge in [-0.2, -0.15) is 5.10 Å². The Balaban J connectivity index is 1.60. The molecule has 4 aromatic rings. The molecular formula is C22H23N5OS2. The molecule has 0 saturated carbocycles. The molecule has 8 heteroatoms. The number of benzene rings is 1. The third-order valence-electron chi connectivity index (χ3n) is 4.77. The fourth-order valence-electron chi connectivity index (χ4n) is 3.16. The van der Waals surface area contributed by atoms with Crippen LogP contribution >= 0.6 is 23.1 Å². The number of nitrogens with one attached hydrogen (secondary N) is 1. The zero-order valence-electron chi connectivity index (χ0n) is 17.3. The van der Waals surface area contributed by atoms with E-state index in [0.29, 0.717) is 5.82 Å². The van der Waals surface area contributed by atoms with Crippen molar-refractivity contribution in [1.82, 2.24) is 19.7 Å². The van der Waals surface area contributed by atoms with E-state index in [1.54, 1.807) is 28.5 Å². The van der Waals surface area contributed by atoms with Crippen LogP contribution in [0.2, 0.25) is 0 Å². The molecular weight excluding hydrogens is 414 g/mol. The lowest BCUT2D eigenvalue weighted by atomic mass is 10.1.